The summed E-state index contributed by atoms with van der Waals surface area (Å²) in [6, 6.07) is 4.59. The third-order valence-electron chi connectivity index (χ3n) is 3.98. The van der Waals surface area contributed by atoms with E-state index in [4.69, 9.17) is 21.1 Å². The molecule has 2 N–H and O–H groups in total. The van der Waals surface area contributed by atoms with Gasteiger partial charge >= 0.3 is 6.03 Å². The highest BCUT2D eigenvalue weighted by molar-refractivity contribution is 6.31. The van der Waals surface area contributed by atoms with E-state index in [2.05, 4.69) is 25.5 Å². The SMILES string of the molecule is Cc1cnc(NC(=O)Nc2cc(Cl)ccc2OC[C@@H]2CN(C)CCO2)cn1. The molecule has 0 saturated carbocycles. The highest BCUT2D eigenvalue weighted by Crippen LogP contribution is 2.28. The van der Waals surface area contributed by atoms with Crippen LogP contribution in [0.2, 0.25) is 5.02 Å². The minimum absolute atomic E-state index is 0.0241. The van der Waals surface area contributed by atoms with Crippen LogP contribution in [0.15, 0.2) is 30.6 Å². The van der Waals surface area contributed by atoms with E-state index < -0.39 is 6.03 Å². The van der Waals surface area contributed by atoms with E-state index in [-0.39, 0.29) is 6.10 Å². The summed E-state index contributed by atoms with van der Waals surface area (Å²) >= 11 is 6.06. The first kappa shape index (κ1) is 19.3. The molecule has 0 spiro atoms. The van der Waals surface area contributed by atoms with Crippen molar-refractivity contribution in [3.05, 3.63) is 41.3 Å². The highest BCUT2D eigenvalue weighted by atomic mass is 35.5. The molecule has 2 aromatic rings. The van der Waals surface area contributed by atoms with Crippen LogP contribution >= 0.6 is 11.6 Å². The van der Waals surface area contributed by atoms with Crippen LogP contribution in [-0.4, -0.2) is 60.4 Å². The van der Waals surface area contributed by atoms with Crippen molar-refractivity contribution < 1.29 is 14.3 Å². The van der Waals surface area contributed by atoms with Crippen LogP contribution in [0.3, 0.4) is 0 Å². The molecule has 0 unspecified atom stereocenters. The van der Waals surface area contributed by atoms with Crippen LogP contribution in [-0.2, 0) is 4.74 Å². The average Bonchev–Trinajstić information content (AvgIpc) is 2.63. The topological polar surface area (TPSA) is 88.6 Å². The molecule has 1 aromatic heterocycles. The van der Waals surface area contributed by atoms with Gasteiger partial charge in [0.1, 0.15) is 18.5 Å². The zero-order valence-corrected chi connectivity index (χ0v) is 16.0. The highest BCUT2D eigenvalue weighted by Gasteiger charge is 2.19. The van der Waals surface area contributed by atoms with Gasteiger partial charge in [-0.25, -0.2) is 9.78 Å². The van der Waals surface area contributed by atoms with Gasteiger partial charge in [0.15, 0.2) is 5.82 Å². The number of benzene rings is 1. The van der Waals surface area contributed by atoms with Gasteiger partial charge in [0.05, 0.1) is 30.4 Å². The van der Waals surface area contributed by atoms with Crippen LogP contribution in [0, 0.1) is 6.92 Å². The molecular weight excluding hydrogens is 370 g/mol. The van der Waals surface area contributed by atoms with Crippen LogP contribution in [0.1, 0.15) is 5.69 Å². The van der Waals surface area contributed by atoms with Crippen molar-refractivity contribution in [2.45, 2.75) is 13.0 Å². The molecule has 9 heteroatoms. The molecule has 2 heterocycles. The fourth-order valence-electron chi connectivity index (χ4n) is 2.60. The number of aromatic nitrogens is 2. The van der Waals surface area contributed by atoms with Gasteiger partial charge in [-0.15, -0.1) is 0 Å². The Kier molecular flexibility index (Phi) is 6.44. The standard InChI is InChI=1S/C18H22ClN5O3/c1-12-8-21-17(9-20-12)23-18(25)22-15-7-13(19)3-4-16(15)27-11-14-10-24(2)5-6-26-14/h3-4,7-9,14H,5-6,10-11H2,1-2H3,(H2,21,22,23,25)/t14-/m0/s1. The van der Waals surface area contributed by atoms with Gasteiger partial charge in [-0.1, -0.05) is 11.6 Å². The number of morpholine rings is 1. The monoisotopic (exact) mass is 391 g/mol. The molecule has 1 aromatic carbocycles. The first-order valence-corrected chi connectivity index (χ1v) is 8.96. The Morgan fingerprint density at radius 3 is 2.96 bits per heavy atom. The number of rotatable bonds is 5. The van der Waals surface area contributed by atoms with Crippen molar-refractivity contribution in [1.29, 1.82) is 0 Å². The predicted molar refractivity (Wildman–Crippen MR) is 104 cm³/mol. The third-order valence-corrected chi connectivity index (χ3v) is 4.21. The lowest BCUT2D eigenvalue weighted by Crippen LogP contribution is -2.42. The maximum Gasteiger partial charge on any atom is 0.325 e. The van der Waals surface area contributed by atoms with E-state index in [1.54, 1.807) is 24.4 Å². The summed E-state index contributed by atoms with van der Waals surface area (Å²) in [4.78, 5) is 22.6. The summed E-state index contributed by atoms with van der Waals surface area (Å²) in [5, 5.41) is 5.84. The fourth-order valence-corrected chi connectivity index (χ4v) is 2.78. The first-order chi connectivity index (χ1) is 13.0. The van der Waals surface area contributed by atoms with E-state index in [9.17, 15) is 4.79 Å². The largest absolute Gasteiger partial charge is 0.489 e. The summed E-state index contributed by atoms with van der Waals surface area (Å²) in [5.74, 6) is 0.864. The van der Waals surface area contributed by atoms with Crippen molar-refractivity contribution in [2.75, 3.05) is 44.0 Å². The minimum atomic E-state index is -0.464. The molecule has 2 amide bonds. The molecule has 27 heavy (non-hydrogen) atoms. The van der Waals surface area contributed by atoms with E-state index in [0.717, 1.165) is 18.8 Å². The van der Waals surface area contributed by atoms with E-state index in [0.29, 0.717) is 35.5 Å². The number of hydrogen-bond donors (Lipinski definition) is 2. The lowest BCUT2D eigenvalue weighted by Gasteiger charge is -2.30. The Hall–Kier alpha value is -2.42. The second-order valence-electron chi connectivity index (χ2n) is 6.33. The summed E-state index contributed by atoms with van der Waals surface area (Å²) in [5.41, 5.74) is 1.23. The Morgan fingerprint density at radius 2 is 2.22 bits per heavy atom. The minimum Gasteiger partial charge on any atom is -0.489 e. The number of nitrogens with zero attached hydrogens (tertiary/aromatic N) is 3. The van der Waals surface area contributed by atoms with E-state index in [1.165, 1.54) is 6.20 Å². The fraction of sp³-hybridized carbons (Fsp3) is 0.389. The van der Waals surface area contributed by atoms with E-state index in [1.807, 2.05) is 14.0 Å². The third kappa shape index (κ3) is 5.78. The number of halogens is 1. The molecule has 0 radical (unpaired) electrons. The number of ether oxygens (including phenoxy) is 2. The molecule has 1 atom stereocenters. The lowest BCUT2D eigenvalue weighted by molar-refractivity contribution is -0.0402. The van der Waals surface area contributed by atoms with Crippen molar-refractivity contribution in [1.82, 2.24) is 14.9 Å². The van der Waals surface area contributed by atoms with Gasteiger partial charge in [-0.05, 0) is 32.2 Å². The van der Waals surface area contributed by atoms with Crippen LogP contribution in [0.4, 0.5) is 16.3 Å². The number of urea groups is 1. The normalized spacial score (nSPS) is 17.4. The molecule has 0 aliphatic carbocycles. The first-order valence-electron chi connectivity index (χ1n) is 8.59. The zero-order valence-electron chi connectivity index (χ0n) is 15.2. The van der Waals surface area contributed by atoms with Gasteiger partial charge in [0.2, 0.25) is 0 Å². The van der Waals surface area contributed by atoms with Gasteiger partial charge in [-0.2, -0.15) is 0 Å². The molecule has 144 valence electrons. The van der Waals surface area contributed by atoms with Crippen molar-refractivity contribution >= 4 is 29.1 Å². The summed E-state index contributed by atoms with van der Waals surface area (Å²) < 4.78 is 11.6. The number of likely N-dealkylation sites (N-methyl/N-ethyl adjacent to an activating group) is 1. The quantitative estimate of drug-likeness (QED) is 0.814. The summed E-state index contributed by atoms with van der Waals surface area (Å²) in [6.07, 6.45) is 3.04. The maximum atomic E-state index is 12.3. The second kappa shape index (κ2) is 8.98. The van der Waals surface area contributed by atoms with Crippen molar-refractivity contribution in [2.24, 2.45) is 0 Å². The second-order valence-corrected chi connectivity index (χ2v) is 6.77. The Balaban J connectivity index is 1.62. The molecule has 1 saturated heterocycles. The van der Waals surface area contributed by atoms with Crippen LogP contribution < -0.4 is 15.4 Å². The number of carbonyl (C=O) groups is 1. The molecule has 8 nitrogen and oxygen atoms in total. The number of hydrogen-bond acceptors (Lipinski definition) is 6. The van der Waals surface area contributed by atoms with Gasteiger partial charge < -0.3 is 19.7 Å². The predicted octanol–water partition coefficient (Wildman–Crippen LogP) is 2.79. The molecule has 0 bridgehead atoms. The number of aryl methyl sites for hydroxylation is 1. The molecule has 1 aliphatic heterocycles. The Morgan fingerprint density at radius 1 is 1.37 bits per heavy atom. The maximum absolute atomic E-state index is 12.3. The Labute approximate surface area is 162 Å². The molecule has 1 fully saturated rings. The molecule has 3 rings (SSSR count). The number of anilines is 2. The average molecular weight is 392 g/mol. The van der Waals surface area contributed by atoms with Gasteiger partial charge in [0, 0.05) is 18.1 Å². The summed E-state index contributed by atoms with van der Waals surface area (Å²) in [6.45, 7) is 4.58. The van der Waals surface area contributed by atoms with Crippen molar-refractivity contribution in [3.63, 3.8) is 0 Å². The van der Waals surface area contributed by atoms with Crippen LogP contribution in [0.5, 0.6) is 5.75 Å². The number of nitrogens with one attached hydrogen (secondary N) is 2. The van der Waals surface area contributed by atoms with Gasteiger partial charge in [-0.3, -0.25) is 10.3 Å². The smallest absolute Gasteiger partial charge is 0.325 e. The zero-order chi connectivity index (χ0) is 19.2. The van der Waals surface area contributed by atoms with Crippen LogP contribution in [0.25, 0.3) is 0 Å². The number of amides is 2. The Bertz CT molecular complexity index is 787. The van der Waals surface area contributed by atoms with Gasteiger partial charge in [0.25, 0.3) is 0 Å². The van der Waals surface area contributed by atoms with Crippen molar-refractivity contribution in [3.8, 4) is 5.75 Å². The lowest BCUT2D eigenvalue weighted by atomic mass is 10.2. The molecule has 1 aliphatic rings. The van der Waals surface area contributed by atoms with E-state index >= 15 is 0 Å². The molecular formula is C18H22ClN5O3. The number of carbonyl (C=O) groups excluding carboxylic acids is 1. The summed E-state index contributed by atoms with van der Waals surface area (Å²) in [7, 11) is 2.04.